The molecule has 0 spiro atoms. The predicted molar refractivity (Wildman–Crippen MR) is 97.8 cm³/mol. The summed E-state index contributed by atoms with van der Waals surface area (Å²) in [6, 6.07) is 15.5. The highest BCUT2D eigenvalue weighted by Crippen LogP contribution is 2.30. The number of carbonyl (C=O) groups is 1. The van der Waals surface area contributed by atoms with Gasteiger partial charge >= 0.3 is 0 Å². The zero-order valence-corrected chi connectivity index (χ0v) is 14.7. The van der Waals surface area contributed by atoms with E-state index in [1.807, 2.05) is 69.3 Å². The van der Waals surface area contributed by atoms with Crippen LogP contribution in [0, 0.1) is 5.92 Å². The van der Waals surface area contributed by atoms with Crippen LogP contribution in [0.15, 0.2) is 48.5 Å². The monoisotopic (exact) mass is 326 g/mol. The van der Waals surface area contributed by atoms with Crippen LogP contribution in [0.1, 0.15) is 32.4 Å². The topological polar surface area (TPSA) is 64.3 Å². The van der Waals surface area contributed by atoms with Crippen LogP contribution in [0.25, 0.3) is 11.1 Å². The van der Waals surface area contributed by atoms with Crippen LogP contribution >= 0.6 is 0 Å². The number of methoxy groups -OCH3 is 1. The van der Waals surface area contributed by atoms with Crippen molar-refractivity contribution in [3.63, 3.8) is 0 Å². The van der Waals surface area contributed by atoms with E-state index in [4.69, 9.17) is 10.5 Å². The second-order valence-corrected chi connectivity index (χ2v) is 6.32. The molecule has 2 aromatic rings. The third kappa shape index (κ3) is 4.15. The van der Waals surface area contributed by atoms with E-state index in [1.165, 1.54) is 0 Å². The van der Waals surface area contributed by atoms with Gasteiger partial charge in [0.15, 0.2) is 0 Å². The smallest absolute Gasteiger partial charge is 0.237 e. The molecule has 0 aliphatic carbocycles. The van der Waals surface area contributed by atoms with Crippen molar-refractivity contribution in [1.82, 2.24) is 5.32 Å². The molecular weight excluding hydrogens is 300 g/mol. The number of ether oxygens (including phenoxy) is 1. The van der Waals surface area contributed by atoms with Crippen molar-refractivity contribution in [3.8, 4) is 16.9 Å². The molecule has 2 rings (SSSR count). The van der Waals surface area contributed by atoms with Crippen LogP contribution in [-0.2, 0) is 4.79 Å². The summed E-state index contributed by atoms with van der Waals surface area (Å²) in [4.78, 5) is 12.1. The SMILES string of the molecule is COc1ccccc1-c1ccc(C(C)NC(=O)[C@@H](N)C(C)C)cc1. The first-order valence-electron chi connectivity index (χ1n) is 8.23. The number of hydrogen-bond donors (Lipinski definition) is 2. The molecule has 1 unspecified atom stereocenters. The van der Waals surface area contributed by atoms with E-state index in [9.17, 15) is 4.79 Å². The van der Waals surface area contributed by atoms with Crippen molar-refractivity contribution in [3.05, 3.63) is 54.1 Å². The van der Waals surface area contributed by atoms with Crippen LogP contribution in [0.5, 0.6) is 5.75 Å². The number of para-hydroxylation sites is 1. The van der Waals surface area contributed by atoms with Gasteiger partial charge in [-0.2, -0.15) is 0 Å². The lowest BCUT2D eigenvalue weighted by Crippen LogP contribution is -2.44. The Kier molecular flexibility index (Phi) is 5.99. The first-order valence-corrected chi connectivity index (χ1v) is 8.23. The molecule has 3 N–H and O–H groups in total. The molecule has 0 aromatic heterocycles. The highest BCUT2D eigenvalue weighted by molar-refractivity contribution is 5.82. The van der Waals surface area contributed by atoms with Gasteiger partial charge in [-0.15, -0.1) is 0 Å². The van der Waals surface area contributed by atoms with Crippen molar-refractivity contribution in [2.75, 3.05) is 7.11 Å². The first-order chi connectivity index (χ1) is 11.4. The van der Waals surface area contributed by atoms with Crippen LogP contribution in [0.4, 0.5) is 0 Å². The molecular formula is C20H26N2O2. The fourth-order valence-corrected chi connectivity index (χ4v) is 2.53. The molecule has 0 heterocycles. The van der Waals surface area contributed by atoms with E-state index in [0.29, 0.717) is 0 Å². The predicted octanol–water partition coefficient (Wildman–Crippen LogP) is 3.52. The molecule has 0 aliphatic rings. The second kappa shape index (κ2) is 7.97. The van der Waals surface area contributed by atoms with Gasteiger partial charge in [0, 0.05) is 5.56 Å². The Morgan fingerprint density at radius 2 is 1.67 bits per heavy atom. The Morgan fingerprint density at radius 1 is 1.04 bits per heavy atom. The molecule has 0 saturated heterocycles. The van der Waals surface area contributed by atoms with E-state index in [1.54, 1.807) is 7.11 Å². The van der Waals surface area contributed by atoms with Gasteiger partial charge in [-0.25, -0.2) is 0 Å². The fourth-order valence-electron chi connectivity index (χ4n) is 2.53. The number of amides is 1. The quantitative estimate of drug-likeness (QED) is 0.853. The fraction of sp³-hybridized carbons (Fsp3) is 0.350. The van der Waals surface area contributed by atoms with Crippen LogP contribution in [0.3, 0.4) is 0 Å². The van der Waals surface area contributed by atoms with Crippen molar-refractivity contribution in [2.24, 2.45) is 11.7 Å². The summed E-state index contributed by atoms with van der Waals surface area (Å²) in [6.45, 7) is 5.84. The Labute approximate surface area is 144 Å². The van der Waals surface area contributed by atoms with Gasteiger partial charge in [0.2, 0.25) is 5.91 Å². The van der Waals surface area contributed by atoms with Gasteiger partial charge < -0.3 is 15.8 Å². The summed E-state index contributed by atoms with van der Waals surface area (Å²) < 4.78 is 5.41. The molecule has 4 heteroatoms. The molecule has 2 aromatic carbocycles. The normalized spacial score (nSPS) is 13.4. The van der Waals surface area contributed by atoms with Gasteiger partial charge in [0.05, 0.1) is 19.2 Å². The van der Waals surface area contributed by atoms with Gasteiger partial charge in [0.1, 0.15) is 5.75 Å². The van der Waals surface area contributed by atoms with E-state index >= 15 is 0 Å². The lowest BCUT2D eigenvalue weighted by Gasteiger charge is -2.20. The minimum Gasteiger partial charge on any atom is -0.496 e. The zero-order chi connectivity index (χ0) is 17.7. The zero-order valence-electron chi connectivity index (χ0n) is 14.7. The molecule has 0 bridgehead atoms. The number of nitrogens with one attached hydrogen (secondary N) is 1. The van der Waals surface area contributed by atoms with E-state index in [0.717, 1.165) is 22.4 Å². The number of rotatable bonds is 6. The molecule has 1 amide bonds. The van der Waals surface area contributed by atoms with Gasteiger partial charge in [-0.1, -0.05) is 56.3 Å². The Morgan fingerprint density at radius 3 is 2.25 bits per heavy atom. The molecule has 0 radical (unpaired) electrons. The first kappa shape index (κ1) is 18.0. The second-order valence-electron chi connectivity index (χ2n) is 6.32. The minimum absolute atomic E-state index is 0.0889. The molecule has 0 aliphatic heterocycles. The van der Waals surface area contributed by atoms with Crippen molar-refractivity contribution < 1.29 is 9.53 Å². The third-order valence-corrected chi connectivity index (χ3v) is 4.21. The number of nitrogens with two attached hydrogens (primary N) is 1. The molecule has 128 valence electrons. The average molecular weight is 326 g/mol. The number of carbonyl (C=O) groups excluding carboxylic acids is 1. The maximum atomic E-state index is 12.1. The standard InChI is InChI=1S/C20H26N2O2/c1-13(2)19(21)20(23)22-14(3)15-9-11-16(12-10-15)17-7-5-6-8-18(17)24-4/h5-14,19H,21H2,1-4H3,(H,22,23)/t14?,19-/m0/s1. The van der Waals surface area contributed by atoms with E-state index in [2.05, 4.69) is 5.32 Å². The minimum atomic E-state index is -0.486. The van der Waals surface area contributed by atoms with Crippen LogP contribution in [0.2, 0.25) is 0 Å². The lowest BCUT2D eigenvalue weighted by atomic mass is 10.00. The summed E-state index contributed by atoms with van der Waals surface area (Å²) in [6.07, 6.45) is 0. The Hall–Kier alpha value is -2.33. The van der Waals surface area contributed by atoms with Gasteiger partial charge in [0.25, 0.3) is 0 Å². The van der Waals surface area contributed by atoms with Crippen molar-refractivity contribution >= 4 is 5.91 Å². The summed E-state index contributed by atoms with van der Waals surface area (Å²) in [5.74, 6) is 0.839. The maximum absolute atomic E-state index is 12.1. The average Bonchev–Trinajstić information content (AvgIpc) is 2.60. The summed E-state index contributed by atoms with van der Waals surface area (Å²) in [5.41, 5.74) is 9.06. The molecule has 2 atom stereocenters. The molecule has 0 fully saturated rings. The maximum Gasteiger partial charge on any atom is 0.237 e. The summed E-state index contributed by atoms with van der Waals surface area (Å²) >= 11 is 0. The van der Waals surface area contributed by atoms with Crippen LogP contribution in [-0.4, -0.2) is 19.1 Å². The van der Waals surface area contributed by atoms with Gasteiger partial charge in [-0.3, -0.25) is 4.79 Å². The van der Waals surface area contributed by atoms with E-state index in [-0.39, 0.29) is 17.9 Å². The number of hydrogen-bond acceptors (Lipinski definition) is 3. The van der Waals surface area contributed by atoms with Crippen molar-refractivity contribution in [2.45, 2.75) is 32.9 Å². The highest BCUT2D eigenvalue weighted by Gasteiger charge is 2.19. The largest absolute Gasteiger partial charge is 0.496 e. The molecule has 4 nitrogen and oxygen atoms in total. The van der Waals surface area contributed by atoms with E-state index < -0.39 is 6.04 Å². The molecule has 0 saturated carbocycles. The summed E-state index contributed by atoms with van der Waals surface area (Å²) in [5, 5.41) is 2.97. The Balaban J connectivity index is 2.13. The highest BCUT2D eigenvalue weighted by atomic mass is 16.5. The lowest BCUT2D eigenvalue weighted by molar-refractivity contribution is -0.123. The number of benzene rings is 2. The summed E-state index contributed by atoms with van der Waals surface area (Å²) in [7, 11) is 1.67. The Bertz CT molecular complexity index is 680. The molecule has 24 heavy (non-hydrogen) atoms. The van der Waals surface area contributed by atoms with Gasteiger partial charge in [-0.05, 0) is 30.0 Å². The van der Waals surface area contributed by atoms with Crippen LogP contribution < -0.4 is 15.8 Å². The van der Waals surface area contributed by atoms with Crippen molar-refractivity contribution in [1.29, 1.82) is 0 Å². The third-order valence-electron chi connectivity index (χ3n) is 4.21.